The van der Waals surface area contributed by atoms with Crippen LogP contribution in [0.2, 0.25) is 0 Å². The van der Waals surface area contributed by atoms with E-state index in [1.165, 1.54) is 12.1 Å². The first-order valence-corrected chi connectivity index (χ1v) is 6.72. The Labute approximate surface area is 119 Å². The van der Waals surface area contributed by atoms with Crippen LogP contribution in [0, 0.1) is 10.1 Å². The number of benzene rings is 1. The summed E-state index contributed by atoms with van der Waals surface area (Å²) in [5.74, 6) is 0.508. The number of nitro groups is 1. The zero-order chi connectivity index (χ0) is 15.0. The van der Waals surface area contributed by atoms with Gasteiger partial charge >= 0.3 is 0 Å². The lowest BCUT2D eigenvalue weighted by molar-refractivity contribution is -0.384. The van der Waals surface area contributed by atoms with Crippen molar-refractivity contribution in [1.82, 2.24) is 0 Å². The number of unbranched alkanes of at least 4 members (excludes halogenated alkanes) is 1. The molecule has 0 atom stereocenters. The number of nitrogens with one attached hydrogen (secondary N) is 1. The van der Waals surface area contributed by atoms with Crippen LogP contribution >= 0.6 is 0 Å². The summed E-state index contributed by atoms with van der Waals surface area (Å²) in [7, 11) is 1.67. The molecule has 0 aliphatic heterocycles. The summed E-state index contributed by atoms with van der Waals surface area (Å²) in [4.78, 5) is 10.5. The van der Waals surface area contributed by atoms with Crippen LogP contribution in [0.15, 0.2) is 18.2 Å². The van der Waals surface area contributed by atoms with E-state index in [1.54, 1.807) is 13.2 Å². The largest absolute Gasteiger partial charge is 0.491 e. The highest BCUT2D eigenvalue weighted by Gasteiger charge is 2.11. The number of hydrogen-bond donors (Lipinski definition) is 1. The SMILES string of the molecule is COCCCCNc1cc(OC(C)C)cc([N+](=O)[O-])c1. The quantitative estimate of drug-likeness (QED) is 0.427. The third-order valence-corrected chi connectivity index (χ3v) is 2.58. The highest BCUT2D eigenvalue weighted by molar-refractivity contribution is 5.56. The normalized spacial score (nSPS) is 10.6. The maximum absolute atomic E-state index is 10.9. The van der Waals surface area contributed by atoms with Crippen molar-refractivity contribution in [3.8, 4) is 5.75 Å². The molecule has 1 aromatic rings. The first-order chi connectivity index (χ1) is 9.52. The molecule has 112 valence electrons. The predicted octanol–water partition coefficient (Wildman–Crippen LogP) is 3.22. The first kappa shape index (κ1) is 16.2. The number of hydrogen-bond acceptors (Lipinski definition) is 5. The molecule has 0 aliphatic carbocycles. The van der Waals surface area contributed by atoms with Gasteiger partial charge in [-0.25, -0.2) is 0 Å². The summed E-state index contributed by atoms with van der Waals surface area (Å²) in [5.41, 5.74) is 0.731. The number of non-ortho nitro benzene ring substituents is 1. The third kappa shape index (κ3) is 5.88. The Morgan fingerprint density at radius 1 is 1.30 bits per heavy atom. The van der Waals surface area contributed by atoms with Gasteiger partial charge in [0.05, 0.1) is 17.1 Å². The lowest BCUT2D eigenvalue weighted by Crippen LogP contribution is -2.07. The molecule has 20 heavy (non-hydrogen) atoms. The lowest BCUT2D eigenvalue weighted by Gasteiger charge is -2.12. The van der Waals surface area contributed by atoms with Gasteiger partial charge in [0, 0.05) is 38.1 Å². The van der Waals surface area contributed by atoms with Gasteiger partial charge in [0.15, 0.2) is 0 Å². The Morgan fingerprint density at radius 2 is 2.05 bits per heavy atom. The van der Waals surface area contributed by atoms with Crippen molar-refractivity contribution in [3.05, 3.63) is 28.3 Å². The fraction of sp³-hybridized carbons (Fsp3) is 0.571. The highest BCUT2D eigenvalue weighted by atomic mass is 16.6. The molecule has 0 saturated heterocycles. The van der Waals surface area contributed by atoms with Gasteiger partial charge in [0.25, 0.3) is 5.69 Å². The Balaban J connectivity index is 2.68. The van der Waals surface area contributed by atoms with Gasteiger partial charge in [-0.15, -0.1) is 0 Å². The molecule has 0 radical (unpaired) electrons. The van der Waals surface area contributed by atoms with Gasteiger partial charge < -0.3 is 14.8 Å². The Kier molecular flexibility index (Phi) is 6.79. The summed E-state index contributed by atoms with van der Waals surface area (Å²) in [6, 6.07) is 4.74. The Bertz CT molecular complexity index is 435. The number of ether oxygens (including phenoxy) is 2. The molecule has 6 heteroatoms. The van der Waals surface area contributed by atoms with Gasteiger partial charge in [0.2, 0.25) is 0 Å². The summed E-state index contributed by atoms with van der Waals surface area (Å²) < 4.78 is 10.5. The second-order valence-electron chi connectivity index (χ2n) is 4.77. The number of nitrogens with zero attached hydrogens (tertiary/aromatic N) is 1. The molecular formula is C14H22N2O4. The molecule has 0 amide bonds. The molecule has 0 spiro atoms. The van der Waals surface area contributed by atoms with Gasteiger partial charge in [-0.2, -0.15) is 0 Å². The van der Waals surface area contributed by atoms with E-state index in [2.05, 4.69) is 5.32 Å². The molecule has 0 bridgehead atoms. The summed E-state index contributed by atoms with van der Waals surface area (Å²) in [5, 5.41) is 14.1. The third-order valence-electron chi connectivity index (χ3n) is 2.58. The monoisotopic (exact) mass is 282 g/mol. The molecule has 0 fully saturated rings. The van der Waals surface area contributed by atoms with E-state index in [0.717, 1.165) is 26.0 Å². The molecule has 1 N–H and O–H groups in total. The molecular weight excluding hydrogens is 260 g/mol. The minimum Gasteiger partial charge on any atom is -0.491 e. The minimum atomic E-state index is -0.413. The van der Waals surface area contributed by atoms with Crippen LogP contribution in [-0.4, -0.2) is 31.3 Å². The van der Waals surface area contributed by atoms with Crippen molar-refractivity contribution in [2.45, 2.75) is 32.8 Å². The molecule has 6 nitrogen and oxygen atoms in total. The number of rotatable bonds is 9. The van der Waals surface area contributed by atoms with Crippen LogP contribution in [0.25, 0.3) is 0 Å². The smallest absolute Gasteiger partial charge is 0.275 e. The van der Waals surface area contributed by atoms with Crippen molar-refractivity contribution in [2.75, 3.05) is 25.6 Å². The van der Waals surface area contributed by atoms with Gasteiger partial charge in [-0.3, -0.25) is 10.1 Å². The van der Waals surface area contributed by atoms with Crippen LogP contribution in [0.1, 0.15) is 26.7 Å². The highest BCUT2D eigenvalue weighted by Crippen LogP contribution is 2.26. The summed E-state index contributed by atoms with van der Waals surface area (Å²) >= 11 is 0. The second-order valence-corrected chi connectivity index (χ2v) is 4.77. The summed E-state index contributed by atoms with van der Waals surface area (Å²) in [6.45, 7) is 5.23. The van der Waals surface area contributed by atoms with E-state index < -0.39 is 4.92 Å². The first-order valence-electron chi connectivity index (χ1n) is 6.72. The van der Waals surface area contributed by atoms with Crippen molar-refractivity contribution in [2.24, 2.45) is 0 Å². The molecule has 1 aromatic carbocycles. The van der Waals surface area contributed by atoms with E-state index in [0.29, 0.717) is 11.4 Å². The van der Waals surface area contributed by atoms with Crippen molar-refractivity contribution >= 4 is 11.4 Å². The van der Waals surface area contributed by atoms with E-state index in [1.807, 2.05) is 13.8 Å². The Hall–Kier alpha value is -1.82. The minimum absolute atomic E-state index is 0.0217. The lowest BCUT2D eigenvalue weighted by atomic mass is 10.2. The number of anilines is 1. The van der Waals surface area contributed by atoms with Gasteiger partial charge in [0.1, 0.15) is 5.75 Å². The second kappa shape index (κ2) is 8.37. The molecule has 0 aliphatic rings. The van der Waals surface area contributed by atoms with Crippen molar-refractivity contribution in [1.29, 1.82) is 0 Å². The fourth-order valence-corrected chi connectivity index (χ4v) is 1.74. The topological polar surface area (TPSA) is 73.6 Å². The molecule has 0 unspecified atom stereocenters. The number of methoxy groups -OCH3 is 1. The predicted molar refractivity (Wildman–Crippen MR) is 78.5 cm³/mol. The van der Waals surface area contributed by atoms with Crippen LogP contribution in [-0.2, 0) is 4.74 Å². The maximum Gasteiger partial charge on any atom is 0.275 e. The Morgan fingerprint density at radius 3 is 2.65 bits per heavy atom. The van der Waals surface area contributed by atoms with Crippen LogP contribution in [0.5, 0.6) is 5.75 Å². The van der Waals surface area contributed by atoms with Crippen LogP contribution in [0.4, 0.5) is 11.4 Å². The van der Waals surface area contributed by atoms with E-state index in [4.69, 9.17) is 9.47 Å². The van der Waals surface area contributed by atoms with Gasteiger partial charge in [-0.1, -0.05) is 0 Å². The average Bonchev–Trinajstić information content (AvgIpc) is 2.37. The molecule has 1 rings (SSSR count). The van der Waals surface area contributed by atoms with Crippen LogP contribution < -0.4 is 10.1 Å². The van der Waals surface area contributed by atoms with E-state index >= 15 is 0 Å². The fourth-order valence-electron chi connectivity index (χ4n) is 1.74. The number of nitro benzene ring substituents is 1. The van der Waals surface area contributed by atoms with Gasteiger partial charge in [-0.05, 0) is 26.7 Å². The molecule has 0 saturated carbocycles. The van der Waals surface area contributed by atoms with Crippen LogP contribution in [0.3, 0.4) is 0 Å². The molecule has 0 heterocycles. The van der Waals surface area contributed by atoms with E-state index in [9.17, 15) is 10.1 Å². The summed E-state index contributed by atoms with van der Waals surface area (Å²) in [6.07, 6.45) is 1.87. The zero-order valence-corrected chi connectivity index (χ0v) is 12.2. The van der Waals surface area contributed by atoms with E-state index in [-0.39, 0.29) is 11.8 Å². The average molecular weight is 282 g/mol. The van der Waals surface area contributed by atoms with Crippen molar-refractivity contribution in [3.63, 3.8) is 0 Å². The maximum atomic E-state index is 10.9. The van der Waals surface area contributed by atoms with Crippen molar-refractivity contribution < 1.29 is 14.4 Å². The standard InChI is InChI=1S/C14H22N2O4/c1-11(2)20-14-9-12(8-13(10-14)16(17)18)15-6-4-5-7-19-3/h8-11,15H,4-7H2,1-3H3. The molecule has 0 aromatic heterocycles. The zero-order valence-electron chi connectivity index (χ0n) is 12.2.